The van der Waals surface area contributed by atoms with Crippen LogP contribution in [0.2, 0.25) is 0 Å². The van der Waals surface area contributed by atoms with Crippen molar-refractivity contribution in [2.75, 3.05) is 5.32 Å². The molecule has 0 amide bonds. The van der Waals surface area contributed by atoms with E-state index in [0.717, 1.165) is 5.56 Å². The topological polar surface area (TPSA) is 35.8 Å². The number of halogens is 2. The molecule has 1 atom stereocenters. The summed E-state index contributed by atoms with van der Waals surface area (Å²) < 4.78 is 26.6. The zero-order chi connectivity index (χ0) is 14.7. The molecule has 0 radical (unpaired) electrons. The molecular weight excluding hydrogens is 258 g/mol. The van der Waals surface area contributed by atoms with Crippen LogP contribution in [0, 0.1) is 29.9 Å². The van der Waals surface area contributed by atoms with Gasteiger partial charge in [-0.2, -0.15) is 5.26 Å². The lowest BCUT2D eigenvalue weighted by Gasteiger charge is -2.17. The minimum Gasteiger partial charge on any atom is -0.377 e. The first-order valence-electron chi connectivity index (χ1n) is 6.23. The van der Waals surface area contributed by atoms with Crippen LogP contribution in [0.1, 0.15) is 29.7 Å². The summed E-state index contributed by atoms with van der Waals surface area (Å²) in [6, 6.07) is 10.7. The summed E-state index contributed by atoms with van der Waals surface area (Å²) >= 11 is 0. The van der Waals surface area contributed by atoms with E-state index in [1.54, 1.807) is 13.0 Å². The first-order valence-corrected chi connectivity index (χ1v) is 6.23. The first-order chi connectivity index (χ1) is 9.51. The van der Waals surface area contributed by atoms with Crippen molar-refractivity contribution in [1.82, 2.24) is 0 Å². The quantitative estimate of drug-likeness (QED) is 0.903. The van der Waals surface area contributed by atoms with E-state index in [-0.39, 0.29) is 17.4 Å². The largest absolute Gasteiger partial charge is 0.377 e. The van der Waals surface area contributed by atoms with Crippen LogP contribution < -0.4 is 5.32 Å². The second kappa shape index (κ2) is 5.70. The van der Waals surface area contributed by atoms with Crippen molar-refractivity contribution in [3.8, 4) is 6.07 Å². The Morgan fingerprint density at radius 3 is 2.55 bits per heavy atom. The fourth-order valence-electron chi connectivity index (χ4n) is 1.93. The van der Waals surface area contributed by atoms with Crippen molar-refractivity contribution in [2.45, 2.75) is 19.9 Å². The first kappa shape index (κ1) is 14.0. The number of hydrogen-bond acceptors (Lipinski definition) is 2. The number of nitrogens with zero attached hydrogens (tertiary/aromatic N) is 1. The Morgan fingerprint density at radius 2 is 1.90 bits per heavy atom. The summed E-state index contributed by atoms with van der Waals surface area (Å²) in [6.07, 6.45) is 0. The van der Waals surface area contributed by atoms with Gasteiger partial charge in [0.2, 0.25) is 0 Å². The maximum atomic E-state index is 13.5. The van der Waals surface area contributed by atoms with Crippen LogP contribution in [0.4, 0.5) is 14.5 Å². The van der Waals surface area contributed by atoms with Gasteiger partial charge in [0.1, 0.15) is 17.7 Å². The standard InChI is InChI=1S/C16H14F2N2/c1-10-3-4-12(8-15(10)18)11(2)20-16-6-5-14(17)7-13(16)9-19/h3-8,11,20H,1-2H3. The summed E-state index contributed by atoms with van der Waals surface area (Å²) in [5, 5.41) is 12.1. The average Bonchev–Trinajstić information content (AvgIpc) is 2.43. The fraction of sp³-hybridized carbons (Fsp3) is 0.188. The van der Waals surface area contributed by atoms with Gasteiger partial charge in [0, 0.05) is 6.04 Å². The Kier molecular flexibility index (Phi) is 3.99. The van der Waals surface area contributed by atoms with Gasteiger partial charge in [0.15, 0.2) is 0 Å². The summed E-state index contributed by atoms with van der Waals surface area (Å²) in [7, 11) is 0. The normalized spacial score (nSPS) is 11.8. The third kappa shape index (κ3) is 2.94. The van der Waals surface area contributed by atoms with Crippen LogP contribution in [0.25, 0.3) is 0 Å². The summed E-state index contributed by atoms with van der Waals surface area (Å²) in [5.74, 6) is -0.725. The van der Waals surface area contributed by atoms with Crippen LogP contribution >= 0.6 is 0 Å². The number of anilines is 1. The van der Waals surface area contributed by atoms with Gasteiger partial charge in [-0.3, -0.25) is 0 Å². The zero-order valence-corrected chi connectivity index (χ0v) is 11.2. The summed E-state index contributed by atoms with van der Waals surface area (Å²) in [6.45, 7) is 3.56. The number of aryl methyl sites for hydroxylation is 1. The molecule has 0 aliphatic rings. The van der Waals surface area contributed by atoms with E-state index in [1.165, 1.54) is 24.3 Å². The van der Waals surface area contributed by atoms with Gasteiger partial charge in [0.25, 0.3) is 0 Å². The number of rotatable bonds is 3. The Bertz CT molecular complexity index is 675. The van der Waals surface area contributed by atoms with E-state index >= 15 is 0 Å². The highest BCUT2D eigenvalue weighted by Crippen LogP contribution is 2.24. The van der Waals surface area contributed by atoms with Gasteiger partial charge in [0.05, 0.1) is 11.3 Å². The van der Waals surface area contributed by atoms with Crippen molar-refractivity contribution in [3.63, 3.8) is 0 Å². The molecule has 4 heteroatoms. The van der Waals surface area contributed by atoms with Crippen LogP contribution in [-0.2, 0) is 0 Å². The SMILES string of the molecule is Cc1ccc(C(C)Nc2ccc(F)cc2C#N)cc1F. The molecule has 2 nitrogen and oxygen atoms in total. The van der Waals surface area contributed by atoms with Crippen molar-refractivity contribution < 1.29 is 8.78 Å². The minimum atomic E-state index is -0.457. The second-order valence-corrected chi connectivity index (χ2v) is 4.68. The van der Waals surface area contributed by atoms with Gasteiger partial charge in [-0.25, -0.2) is 8.78 Å². The lowest BCUT2D eigenvalue weighted by molar-refractivity contribution is 0.614. The molecule has 0 saturated heterocycles. The van der Waals surface area contributed by atoms with Crippen LogP contribution in [0.15, 0.2) is 36.4 Å². The van der Waals surface area contributed by atoms with E-state index in [9.17, 15) is 8.78 Å². The number of nitriles is 1. The van der Waals surface area contributed by atoms with Gasteiger partial charge in [-0.05, 0) is 49.2 Å². The van der Waals surface area contributed by atoms with Crippen molar-refractivity contribution in [2.24, 2.45) is 0 Å². The predicted octanol–water partition coefficient (Wildman–Crippen LogP) is 4.32. The molecule has 0 fully saturated rings. The number of hydrogen-bond donors (Lipinski definition) is 1. The van der Waals surface area contributed by atoms with Crippen LogP contribution in [-0.4, -0.2) is 0 Å². The smallest absolute Gasteiger partial charge is 0.126 e. The lowest BCUT2D eigenvalue weighted by Crippen LogP contribution is -2.08. The molecule has 0 saturated carbocycles. The van der Waals surface area contributed by atoms with Crippen molar-refractivity contribution in [3.05, 3.63) is 64.7 Å². The highest BCUT2D eigenvalue weighted by Gasteiger charge is 2.10. The Labute approximate surface area is 116 Å². The monoisotopic (exact) mass is 272 g/mol. The molecular formula is C16H14F2N2. The Morgan fingerprint density at radius 1 is 1.15 bits per heavy atom. The second-order valence-electron chi connectivity index (χ2n) is 4.68. The molecule has 1 unspecified atom stereocenters. The van der Waals surface area contributed by atoms with E-state index in [0.29, 0.717) is 11.3 Å². The maximum Gasteiger partial charge on any atom is 0.126 e. The Balaban J connectivity index is 2.25. The highest BCUT2D eigenvalue weighted by molar-refractivity contribution is 5.58. The third-order valence-corrected chi connectivity index (χ3v) is 3.17. The molecule has 2 aromatic carbocycles. The molecule has 0 heterocycles. The molecule has 0 aromatic heterocycles. The van der Waals surface area contributed by atoms with E-state index in [1.807, 2.05) is 19.1 Å². The van der Waals surface area contributed by atoms with Crippen molar-refractivity contribution in [1.29, 1.82) is 5.26 Å². The van der Waals surface area contributed by atoms with Gasteiger partial charge >= 0.3 is 0 Å². The van der Waals surface area contributed by atoms with Gasteiger partial charge < -0.3 is 5.32 Å². The molecule has 0 aliphatic heterocycles. The molecule has 2 rings (SSSR count). The fourth-order valence-corrected chi connectivity index (χ4v) is 1.93. The molecule has 102 valence electrons. The highest BCUT2D eigenvalue weighted by atomic mass is 19.1. The lowest BCUT2D eigenvalue weighted by atomic mass is 10.0. The molecule has 20 heavy (non-hydrogen) atoms. The summed E-state index contributed by atoms with van der Waals surface area (Å²) in [5.41, 5.74) is 2.11. The van der Waals surface area contributed by atoms with E-state index in [4.69, 9.17) is 5.26 Å². The van der Waals surface area contributed by atoms with E-state index in [2.05, 4.69) is 5.32 Å². The predicted molar refractivity (Wildman–Crippen MR) is 74.3 cm³/mol. The molecule has 0 aliphatic carbocycles. The molecule has 2 aromatic rings. The van der Waals surface area contributed by atoms with Crippen molar-refractivity contribution >= 4 is 5.69 Å². The summed E-state index contributed by atoms with van der Waals surface area (Å²) in [4.78, 5) is 0. The zero-order valence-electron chi connectivity index (χ0n) is 11.2. The van der Waals surface area contributed by atoms with Gasteiger partial charge in [-0.15, -0.1) is 0 Å². The van der Waals surface area contributed by atoms with Crippen LogP contribution in [0.5, 0.6) is 0 Å². The molecule has 1 N–H and O–H groups in total. The van der Waals surface area contributed by atoms with E-state index < -0.39 is 5.82 Å². The van der Waals surface area contributed by atoms with Crippen LogP contribution in [0.3, 0.4) is 0 Å². The Hall–Kier alpha value is -2.41. The number of nitrogens with one attached hydrogen (secondary N) is 1. The number of benzene rings is 2. The average molecular weight is 272 g/mol. The minimum absolute atomic E-state index is 0.192. The molecule has 0 bridgehead atoms. The maximum absolute atomic E-state index is 13.5. The third-order valence-electron chi connectivity index (χ3n) is 3.17. The molecule has 0 spiro atoms. The van der Waals surface area contributed by atoms with Gasteiger partial charge in [-0.1, -0.05) is 12.1 Å².